The number of benzene rings is 3. The van der Waals surface area contributed by atoms with E-state index in [0.717, 1.165) is 64.7 Å². The van der Waals surface area contributed by atoms with Gasteiger partial charge in [-0.15, -0.1) is 0 Å². The fourth-order valence-electron chi connectivity index (χ4n) is 5.16. The summed E-state index contributed by atoms with van der Waals surface area (Å²) >= 11 is 0. The minimum absolute atomic E-state index is 0.0571. The Labute approximate surface area is 212 Å². The molecule has 0 unspecified atom stereocenters. The highest BCUT2D eigenvalue weighted by atomic mass is 16.5. The van der Waals surface area contributed by atoms with Gasteiger partial charge in [-0.25, -0.2) is 0 Å². The summed E-state index contributed by atoms with van der Waals surface area (Å²) in [6.07, 6.45) is 4.80. The molecule has 36 heavy (non-hydrogen) atoms. The molecule has 3 aromatic carbocycles. The quantitative estimate of drug-likeness (QED) is 0.370. The van der Waals surface area contributed by atoms with Gasteiger partial charge < -0.3 is 10.1 Å². The second-order valence-electron chi connectivity index (χ2n) is 10.2. The molecule has 2 fully saturated rings. The van der Waals surface area contributed by atoms with Crippen LogP contribution in [0.5, 0.6) is 5.75 Å². The van der Waals surface area contributed by atoms with E-state index >= 15 is 0 Å². The van der Waals surface area contributed by atoms with E-state index in [1.165, 1.54) is 0 Å². The van der Waals surface area contributed by atoms with Crippen LogP contribution in [0.25, 0.3) is 22.0 Å². The number of carbonyl (C=O) groups is 1. The van der Waals surface area contributed by atoms with Crippen LogP contribution in [-0.2, 0) is 5.54 Å². The number of fused-ring (bicyclic) bond motifs is 1. The Morgan fingerprint density at radius 3 is 2.61 bits per heavy atom. The Bertz CT molecular complexity index is 1430. The van der Waals surface area contributed by atoms with Crippen molar-refractivity contribution in [2.24, 2.45) is 0 Å². The van der Waals surface area contributed by atoms with Gasteiger partial charge in [-0.05, 0) is 92.4 Å². The van der Waals surface area contributed by atoms with Crippen molar-refractivity contribution in [2.75, 3.05) is 20.2 Å². The van der Waals surface area contributed by atoms with Crippen molar-refractivity contribution < 1.29 is 9.53 Å². The summed E-state index contributed by atoms with van der Waals surface area (Å²) in [5, 5.41) is 4.49. The van der Waals surface area contributed by atoms with Gasteiger partial charge in [-0.2, -0.15) is 0 Å². The number of likely N-dealkylation sites (tertiary alicyclic amines) is 1. The van der Waals surface area contributed by atoms with Crippen molar-refractivity contribution in [3.05, 3.63) is 95.7 Å². The SMILES string of the molecule is Cc1ccc(OC[C@@H]2CCN2C)cc1C(=O)NC1(c2cc(-c3ccccc3)cc3ncccc23)CC1. The number of aryl methyl sites for hydroxylation is 1. The molecule has 1 N–H and O–H groups in total. The maximum atomic E-state index is 13.6. The summed E-state index contributed by atoms with van der Waals surface area (Å²) in [4.78, 5) is 20.5. The molecule has 1 atom stereocenters. The number of rotatable bonds is 7. The average molecular weight is 478 g/mol. The number of hydrogen-bond donors (Lipinski definition) is 1. The molecule has 0 radical (unpaired) electrons. The molecule has 0 spiro atoms. The third-order valence-corrected chi connectivity index (χ3v) is 7.78. The maximum Gasteiger partial charge on any atom is 0.252 e. The van der Waals surface area contributed by atoms with E-state index in [4.69, 9.17) is 4.74 Å². The van der Waals surface area contributed by atoms with Crippen LogP contribution < -0.4 is 10.1 Å². The summed E-state index contributed by atoms with van der Waals surface area (Å²) in [5.74, 6) is 0.690. The van der Waals surface area contributed by atoms with E-state index in [0.29, 0.717) is 18.2 Å². The smallest absolute Gasteiger partial charge is 0.252 e. The number of nitrogens with one attached hydrogen (secondary N) is 1. The molecular formula is C31H31N3O2. The molecule has 0 bridgehead atoms. The first-order chi connectivity index (χ1) is 17.5. The Hall–Kier alpha value is -3.70. The van der Waals surface area contributed by atoms with Crippen LogP contribution in [0.3, 0.4) is 0 Å². The number of aromatic nitrogens is 1. The number of hydrogen-bond acceptors (Lipinski definition) is 4. The van der Waals surface area contributed by atoms with Crippen molar-refractivity contribution in [3.8, 4) is 16.9 Å². The highest BCUT2D eigenvalue weighted by Gasteiger charge is 2.47. The van der Waals surface area contributed by atoms with Gasteiger partial charge in [0.1, 0.15) is 12.4 Å². The predicted molar refractivity (Wildman–Crippen MR) is 143 cm³/mol. The second-order valence-corrected chi connectivity index (χ2v) is 10.2. The van der Waals surface area contributed by atoms with Gasteiger partial charge >= 0.3 is 0 Å². The van der Waals surface area contributed by atoms with Crippen molar-refractivity contribution in [3.63, 3.8) is 0 Å². The monoisotopic (exact) mass is 477 g/mol. The number of nitrogens with zero attached hydrogens (tertiary/aromatic N) is 2. The Morgan fingerprint density at radius 1 is 1.06 bits per heavy atom. The Kier molecular flexibility index (Phi) is 5.73. The largest absolute Gasteiger partial charge is 0.492 e. The molecule has 6 rings (SSSR count). The van der Waals surface area contributed by atoms with E-state index in [1.807, 2.05) is 55.6 Å². The highest BCUT2D eigenvalue weighted by Crippen LogP contribution is 2.49. The molecule has 1 aliphatic heterocycles. The number of likely N-dealkylation sites (N-methyl/N-ethyl adjacent to an activating group) is 1. The number of carbonyl (C=O) groups excluding carboxylic acids is 1. The van der Waals surface area contributed by atoms with Crippen LogP contribution in [0.2, 0.25) is 0 Å². The van der Waals surface area contributed by atoms with Gasteiger partial charge in [0.05, 0.1) is 11.1 Å². The summed E-state index contributed by atoms with van der Waals surface area (Å²) in [5.41, 5.74) is 5.57. The third kappa shape index (κ3) is 4.24. The van der Waals surface area contributed by atoms with Crippen molar-refractivity contribution in [2.45, 2.75) is 37.8 Å². The van der Waals surface area contributed by atoms with Crippen LogP contribution in [0.15, 0.2) is 79.0 Å². The lowest BCUT2D eigenvalue weighted by molar-refractivity contribution is 0.0767. The molecule has 1 aliphatic carbocycles. The van der Waals surface area contributed by atoms with Gasteiger partial charge in [0, 0.05) is 23.2 Å². The zero-order chi connectivity index (χ0) is 24.7. The average Bonchev–Trinajstić information content (AvgIpc) is 3.68. The van der Waals surface area contributed by atoms with Crippen LogP contribution in [0.4, 0.5) is 0 Å². The molecule has 182 valence electrons. The first-order valence-electron chi connectivity index (χ1n) is 12.7. The molecular weight excluding hydrogens is 446 g/mol. The highest BCUT2D eigenvalue weighted by molar-refractivity contribution is 5.98. The Morgan fingerprint density at radius 2 is 1.89 bits per heavy atom. The van der Waals surface area contributed by atoms with Crippen LogP contribution in [0.1, 0.15) is 40.7 Å². The molecule has 5 nitrogen and oxygen atoms in total. The predicted octanol–water partition coefficient (Wildman–Crippen LogP) is 5.71. The standard InChI is InChI=1S/C31H31N3O2/c1-21-10-11-25(36-20-24-12-16-34(24)2)19-27(21)30(35)33-31(13-14-31)28-17-23(22-7-4-3-5-8-22)18-29-26(28)9-6-15-32-29/h3-11,15,17-19,24H,12-14,16,20H2,1-2H3,(H,33,35)/t24-/m0/s1. The summed E-state index contributed by atoms with van der Waals surface area (Å²) in [6.45, 7) is 3.75. The van der Waals surface area contributed by atoms with Crippen molar-refractivity contribution in [1.29, 1.82) is 0 Å². The molecule has 2 heterocycles. The Balaban J connectivity index is 1.30. The molecule has 1 saturated carbocycles. The van der Waals surface area contributed by atoms with E-state index in [1.54, 1.807) is 0 Å². The molecule has 1 saturated heterocycles. The van der Waals surface area contributed by atoms with E-state index < -0.39 is 0 Å². The lowest BCUT2D eigenvalue weighted by Crippen LogP contribution is -2.48. The van der Waals surface area contributed by atoms with Crippen LogP contribution in [-0.4, -0.2) is 42.0 Å². The first kappa shape index (κ1) is 22.7. The third-order valence-electron chi connectivity index (χ3n) is 7.78. The first-order valence-corrected chi connectivity index (χ1v) is 12.7. The normalized spacial score (nSPS) is 18.4. The molecule has 1 aromatic heterocycles. The molecule has 2 aliphatic rings. The fraction of sp³-hybridized carbons (Fsp3) is 0.290. The van der Waals surface area contributed by atoms with Crippen LogP contribution >= 0.6 is 0 Å². The minimum atomic E-state index is -0.388. The van der Waals surface area contributed by atoms with E-state index in [2.05, 4.69) is 52.6 Å². The van der Waals surface area contributed by atoms with E-state index in [-0.39, 0.29) is 11.4 Å². The topological polar surface area (TPSA) is 54.5 Å². The van der Waals surface area contributed by atoms with Gasteiger partial charge in [0.15, 0.2) is 0 Å². The van der Waals surface area contributed by atoms with Gasteiger partial charge in [0.2, 0.25) is 0 Å². The molecule has 4 aromatic rings. The fourth-order valence-corrected chi connectivity index (χ4v) is 5.16. The lowest BCUT2D eigenvalue weighted by Gasteiger charge is -2.37. The second kappa shape index (κ2) is 9.07. The van der Waals surface area contributed by atoms with Gasteiger partial charge in [-0.3, -0.25) is 14.7 Å². The molecule has 5 heteroatoms. The zero-order valence-electron chi connectivity index (χ0n) is 20.8. The number of ether oxygens (including phenoxy) is 1. The van der Waals surface area contributed by atoms with Gasteiger partial charge in [0.25, 0.3) is 5.91 Å². The number of amides is 1. The summed E-state index contributed by atoms with van der Waals surface area (Å²) < 4.78 is 6.05. The maximum absolute atomic E-state index is 13.6. The van der Waals surface area contributed by atoms with Gasteiger partial charge in [-0.1, -0.05) is 42.5 Å². The summed E-state index contributed by atoms with van der Waals surface area (Å²) in [6, 6.07) is 25.1. The van der Waals surface area contributed by atoms with Crippen LogP contribution in [0, 0.1) is 6.92 Å². The number of pyridine rings is 1. The van der Waals surface area contributed by atoms with Crippen molar-refractivity contribution >= 4 is 16.8 Å². The van der Waals surface area contributed by atoms with E-state index in [9.17, 15) is 4.79 Å². The zero-order valence-corrected chi connectivity index (χ0v) is 20.8. The summed E-state index contributed by atoms with van der Waals surface area (Å²) in [7, 11) is 2.12. The van der Waals surface area contributed by atoms with Crippen molar-refractivity contribution in [1.82, 2.24) is 15.2 Å². The lowest BCUT2D eigenvalue weighted by atomic mass is 9.93. The minimum Gasteiger partial charge on any atom is -0.492 e. The molecule has 1 amide bonds.